The maximum Gasteiger partial charge on any atom is 0.524 e. The van der Waals surface area contributed by atoms with Gasteiger partial charge < -0.3 is 9.26 Å². The number of hydrogen-bond donors (Lipinski definition) is 2. The first-order chi connectivity index (χ1) is 12.7. The lowest BCUT2D eigenvalue weighted by atomic mass is 10.0. The number of phosphoric ester groups is 1. The van der Waals surface area contributed by atoms with Gasteiger partial charge in [0.2, 0.25) is 0 Å². The minimum atomic E-state index is -4.68. The summed E-state index contributed by atoms with van der Waals surface area (Å²) in [6.07, 6.45) is 3.12. The van der Waals surface area contributed by atoms with E-state index >= 15 is 0 Å². The van der Waals surface area contributed by atoms with Gasteiger partial charge in [-0.2, -0.15) is 5.10 Å². The van der Waals surface area contributed by atoms with Crippen LogP contribution in [0.1, 0.15) is 50.5 Å². The molecule has 0 amide bonds. The second-order valence-electron chi connectivity index (χ2n) is 6.47. The maximum absolute atomic E-state index is 12.6. The predicted molar refractivity (Wildman–Crippen MR) is 102 cm³/mol. The Balaban J connectivity index is 2.68. The summed E-state index contributed by atoms with van der Waals surface area (Å²) in [5.41, 5.74) is 1.36. The van der Waals surface area contributed by atoms with E-state index < -0.39 is 7.82 Å². The Hall–Kier alpha value is -2.15. The van der Waals surface area contributed by atoms with Crippen LogP contribution >= 0.6 is 7.82 Å². The van der Waals surface area contributed by atoms with Gasteiger partial charge in [-0.05, 0) is 25.0 Å². The fourth-order valence-electron chi connectivity index (χ4n) is 2.60. The van der Waals surface area contributed by atoms with Crippen molar-refractivity contribution < 1.29 is 28.4 Å². The molecule has 0 fully saturated rings. The Morgan fingerprint density at radius 3 is 2.63 bits per heavy atom. The third kappa shape index (κ3) is 5.19. The van der Waals surface area contributed by atoms with Crippen molar-refractivity contribution in [1.29, 1.82) is 0 Å². The molecule has 0 radical (unpaired) electrons. The molecule has 1 aromatic heterocycles. The van der Waals surface area contributed by atoms with Gasteiger partial charge in [0.1, 0.15) is 17.7 Å². The first-order valence-corrected chi connectivity index (χ1v) is 10.2. The number of aromatic nitrogens is 2. The summed E-state index contributed by atoms with van der Waals surface area (Å²) in [4.78, 5) is 30.7. The van der Waals surface area contributed by atoms with Crippen LogP contribution in [0.25, 0.3) is 16.6 Å². The highest BCUT2D eigenvalue weighted by Crippen LogP contribution is 2.38. The molecular weight excluding hydrogens is 371 g/mol. The zero-order chi connectivity index (χ0) is 20.2. The van der Waals surface area contributed by atoms with E-state index in [2.05, 4.69) is 9.62 Å². The Morgan fingerprint density at radius 2 is 2.07 bits per heavy atom. The number of unbranched alkanes of at least 4 members (excludes halogenated alkanes) is 1. The number of carbonyl (C=O) groups excluding carboxylic acids is 1. The molecule has 2 rings (SSSR count). The van der Waals surface area contributed by atoms with Gasteiger partial charge in [0.25, 0.3) is 0 Å². The number of ether oxygens (including phenoxy) is 1. The van der Waals surface area contributed by atoms with Gasteiger partial charge >= 0.3 is 7.82 Å². The summed E-state index contributed by atoms with van der Waals surface area (Å²) in [6, 6.07) is 5.23. The average molecular weight is 396 g/mol. The summed E-state index contributed by atoms with van der Waals surface area (Å²) in [6.45, 7) is 5.59. The fraction of sp³-hybridized carbons (Fsp3) is 0.444. The highest BCUT2D eigenvalue weighted by Gasteiger charge is 2.22. The van der Waals surface area contributed by atoms with Gasteiger partial charge in [-0.25, -0.2) is 9.25 Å². The van der Waals surface area contributed by atoms with Crippen molar-refractivity contribution in [3.8, 4) is 5.75 Å². The van der Waals surface area contributed by atoms with E-state index in [1.807, 2.05) is 6.92 Å². The Labute approximate surface area is 158 Å². The summed E-state index contributed by atoms with van der Waals surface area (Å²) in [5, 5.41) is 5.10. The molecule has 8 nitrogen and oxygen atoms in total. The average Bonchev–Trinajstić information content (AvgIpc) is 2.98. The van der Waals surface area contributed by atoms with Crippen LogP contribution in [0.5, 0.6) is 5.75 Å². The minimum absolute atomic E-state index is 0.116. The normalized spacial score (nSPS) is 12.6. The molecule has 2 aromatic rings. The van der Waals surface area contributed by atoms with Crippen LogP contribution in [0.4, 0.5) is 0 Å². The highest BCUT2D eigenvalue weighted by atomic mass is 31.2. The number of methoxy groups -OCH3 is 1. The van der Waals surface area contributed by atoms with Crippen molar-refractivity contribution in [2.75, 3.05) is 7.11 Å². The number of allylic oxidation sites excluding steroid dienone is 1. The molecule has 1 heterocycles. The first-order valence-electron chi connectivity index (χ1n) is 8.72. The van der Waals surface area contributed by atoms with Gasteiger partial charge in [-0.15, -0.1) is 0 Å². The van der Waals surface area contributed by atoms with Crippen molar-refractivity contribution in [2.45, 2.75) is 40.0 Å². The number of phosphoric acid groups is 1. The molecule has 9 heteroatoms. The molecule has 0 aliphatic heterocycles. The summed E-state index contributed by atoms with van der Waals surface area (Å²) < 4.78 is 22.5. The number of rotatable bonds is 9. The summed E-state index contributed by atoms with van der Waals surface area (Å²) >= 11 is 0. The lowest BCUT2D eigenvalue weighted by Gasteiger charge is -2.10. The molecule has 0 bridgehead atoms. The predicted octanol–water partition coefficient (Wildman–Crippen LogP) is 3.98. The van der Waals surface area contributed by atoms with E-state index in [1.54, 1.807) is 32.0 Å². The number of benzene rings is 1. The molecular formula is C18H25N2O6P. The second-order valence-corrected chi connectivity index (χ2v) is 7.66. The monoisotopic (exact) mass is 396 g/mol. The summed E-state index contributed by atoms with van der Waals surface area (Å²) in [7, 11) is -3.15. The first kappa shape index (κ1) is 21.2. The molecule has 0 unspecified atom stereocenters. The van der Waals surface area contributed by atoms with Crippen molar-refractivity contribution in [2.24, 2.45) is 5.92 Å². The summed E-state index contributed by atoms with van der Waals surface area (Å²) in [5.74, 6) is 0.223. The Morgan fingerprint density at radius 1 is 1.37 bits per heavy atom. The molecule has 0 aliphatic rings. The zero-order valence-electron chi connectivity index (χ0n) is 15.9. The molecule has 27 heavy (non-hydrogen) atoms. The largest absolute Gasteiger partial charge is 0.524 e. The number of Topliss-reactive ketones (excluding diaryl/α,β-unsaturated/α-hetero) is 1. The third-order valence-electron chi connectivity index (χ3n) is 4.03. The standard InChI is InChI=1S/C18H25N2O6P/c1-5-6-7-13(11-26-27(22,23)24)20-16-10-14(25-4)8-9-15(16)17(19-20)18(21)12(2)3/h8-12H,5-7H2,1-4H3,(H2,22,23,24). The molecule has 1 aromatic carbocycles. The van der Waals surface area contributed by atoms with E-state index in [1.165, 1.54) is 11.8 Å². The van der Waals surface area contributed by atoms with Crippen molar-refractivity contribution in [3.05, 3.63) is 30.2 Å². The fourth-order valence-corrected chi connectivity index (χ4v) is 2.86. The van der Waals surface area contributed by atoms with Crippen LogP contribution < -0.4 is 4.74 Å². The smallest absolute Gasteiger partial charge is 0.497 e. The molecule has 0 saturated carbocycles. The van der Waals surface area contributed by atoms with Gasteiger partial charge in [-0.3, -0.25) is 14.6 Å². The van der Waals surface area contributed by atoms with E-state index in [0.29, 0.717) is 34.5 Å². The third-order valence-corrected chi connectivity index (χ3v) is 4.41. The van der Waals surface area contributed by atoms with E-state index in [0.717, 1.165) is 19.1 Å². The van der Waals surface area contributed by atoms with Crippen LogP contribution in [0, 0.1) is 5.92 Å². The van der Waals surface area contributed by atoms with Crippen LogP contribution in [0.3, 0.4) is 0 Å². The van der Waals surface area contributed by atoms with Gasteiger partial charge in [0.05, 0.1) is 18.3 Å². The molecule has 0 spiro atoms. The number of fused-ring (bicyclic) bond motifs is 1. The van der Waals surface area contributed by atoms with Crippen LogP contribution in [-0.2, 0) is 9.09 Å². The van der Waals surface area contributed by atoms with Crippen molar-refractivity contribution in [1.82, 2.24) is 9.78 Å². The van der Waals surface area contributed by atoms with Crippen LogP contribution in [-0.4, -0.2) is 32.5 Å². The maximum atomic E-state index is 12.6. The van der Waals surface area contributed by atoms with Gasteiger partial charge in [-0.1, -0.05) is 27.2 Å². The minimum Gasteiger partial charge on any atom is -0.497 e. The van der Waals surface area contributed by atoms with E-state index in [9.17, 15) is 9.36 Å². The number of nitrogens with zero attached hydrogens (tertiary/aromatic N) is 2. The van der Waals surface area contributed by atoms with Crippen molar-refractivity contribution >= 4 is 30.2 Å². The van der Waals surface area contributed by atoms with Crippen LogP contribution in [0.15, 0.2) is 24.5 Å². The lowest BCUT2D eigenvalue weighted by Crippen LogP contribution is -2.10. The lowest BCUT2D eigenvalue weighted by molar-refractivity contribution is 0.0935. The van der Waals surface area contributed by atoms with E-state index in [-0.39, 0.29) is 11.7 Å². The Kier molecular flexibility index (Phi) is 6.81. The molecule has 2 N–H and O–H groups in total. The Bertz CT molecular complexity index is 897. The zero-order valence-corrected chi connectivity index (χ0v) is 16.8. The topological polar surface area (TPSA) is 111 Å². The van der Waals surface area contributed by atoms with E-state index in [4.69, 9.17) is 14.5 Å². The quantitative estimate of drug-likeness (QED) is 0.375. The van der Waals surface area contributed by atoms with Gasteiger partial charge in [0.15, 0.2) is 5.78 Å². The van der Waals surface area contributed by atoms with Crippen molar-refractivity contribution in [3.63, 3.8) is 0 Å². The highest BCUT2D eigenvalue weighted by molar-refractivity contribution is 7.46. The number of hydrogen-bond acceptors (Lipinski definition) is 5. The van der Waals surface area contributed by atoms with Gasteiger partial charge in [0, 0.05) is 17.4 Å². The molecule has 0 saturated heterocycles. The molecule has 148 valence electrons. The molecule has 0 aliphatic carbocycles. The number of ketones is 1. The molecule has 0 atom stereocenters. The SMILES string of the molecule is CCCCC(=COP(=O)(O)O)n1nc(C(=O)C(C)C)c2ccc(OC)cc21. The van der Waals surface area contributed by atoms with Crippen LogP contribution in [0.2, 0.25) is 0 Å². The number of carbonyl (C=O) groups is 1. The second kappa shape index (κ2) is 8.69.